The number of hydrogen-bond donors (Lipinski definition) is 3. The summed E-state index contributed by atoms with van der Waals surface area (Å²) in [6.45, 7) is 0. The number of aliphatic imine (C=N–C) groups is 1. The largest absolute Gasteiger partial charge is 0.404 e. The van der Waals surface area contributed by atoms with Crippen molar-refractivity contribution in [3.63, 3.8) is 0 Å². The number of amidine groups is 1. The van der Waals surface area contributed by atoms with Crippen LogP contribution in [0, 0.1) is 0 Å². The van der Waals surface area contributed by atoms with Crippen LogP contribution >= 0.6 is 23.2 Å². The maximum absolute atomic E-state index is 10.9. The molecule has 90 valence electrons. The van der Waals surface area contributed by atoms with Crippen LogP contribution in [-0.2, 0) is 4.79 Å². The molecule has 0 saturated heterocycles. The molecule has 17 heavy (non-hydrogen) atoms. The summed E-state index contributed by atoms with van der Waals surface area (Å²) in [7, 11) is 0. The van der Waals surface area contributed by atoms with Crippen molar-refractivity contribution >= 4 is 40.6 Å². The van der Waals surface area contributed by atoms with Crippen LogP contribution in [0.2, 0.25) is 10.0 Å². The average Bonchev–Trinajstić information content (AvgIpc) is 2.24. The number of nitrogens with zero attached hydrogens (tertiary/aromatic N) is 1. The zero-order valence-electron chi connectivity index (χ0n) is 8.65. The number of hydrogen-bond acceptors (Lipinski definition) is 3. The molecule has 6 N–H and O–H groups in total. The maximum atomic E-state index is 10.9. The van der Waals surface area contributed by atoms with Crippen LogP contribution in [0.5, 0.6) is 0 Å². The monoisotopic (exact) mass is 272 g/mol. The molecule has 1 aromatic carbocycles. The quantitative estimate of drug-likeness (QED) is 0.439. The van der Waals surface area contributed by atoms with Crippen molar-refractivity contribution in [1.29, 1.82) is 0 Å². The van der Waals surface area contributed by atoms with Crippen LogP contribution in [0.3, 0.4) is 0 Å². The second-order valence-corrected chi connectivity index (χ2v) is 3.85. The third-order valence-corrected chi connectivity index (χ3v) is 2.60. The molecule has 0 heterocycles. The molecule has 0 saturated carbocycles. The zero-order valence-corrected chi connectivity index (χ0v) is 10.2. The van der Waals surface area contributed by atoms with Crippen molar-refractivity contribution in [3.05, 3.63) is 40.0 Å². The lowest BCUT2D eigenvalue weighted by atomic mass is 10.2. The standard InChI is InChI=1S/C10H10Cl2N4O/c11-7-2-1-5(3-8(7)12)16-9(14)6(4-13)10(15)17/h1-4H,13H2,(H2,14,16)(H2,15,17)/b6-4+. The Morgan fingerprint density at radius 1 is 1.24 bits per heavy atom. The summed E-state index contributed by atoms with van der Waals surface area (Å²) < 4.78 is 0. The van der Waals surface area contributed by atoms with E-state index in [4.69, 9.17) is 40.4 Å². The Balaban J connectivity index is 3.10. The summed E-state index contributed by atoms with van der Waals surface area (Å²) in [5.41, 5.74) is 16.2. The highest BCUT2D eigenvalue weighted by molar-refractivity contribution is 6.42. The van der Waals surface area contributed by atoms with Gasteiger partial charge >= 0.3 is 0 Å². The lowest BCUT2D eigenvalue weighted by molar-refractivity contribution is -0.114. The number of carbonyl (C=O) groups is 1. The van der Waals surface area contributed by atoms with Gasteiger partial charge in [-0.25, -0.2) is 4.99 Å². The van der Waals surface area contributed by atoms with Gasteiger partial charge in [-0.15, -0.1) is 0 Å². The van der Waals surface area contributed by atoms with Gasteiger partial charge in [0.05, 0.1) is 21.3 Å². The minimum Gasteiger partial charge on any atom is -0.404 e. The maximum Gasteiger partial charge on any atom is 0.253 e. The van der Waals surface area contributed by atoms with Crippen LogP contribution in [-0.4, -0.2) is 11.7 Å². The topological polar surface area (TPSA) is 107 Å². The Morgan fingerprint density at radius 3 is 2.35 bits per heavy atom. The van der Waals surface area contributed by atoms with E-state index < -0.39 is 5.91 Å². The molecule has 0 atom stereocenters. The van der Waals surface area contributed by atoms with Crippen molar-refractivity contribution in [2.24, 2.45) is 22.2 Å². The van der Waals surface area contributed by atoms with Gasteiger partial charge in [0.25, 0.3) is 5.91 Å². The number of primary amides is 1. The predicted molar refractivity (Wildman–Crippen MR) is 69.2 cm³/mol. The van der Waals surface area contributed by atoms with Gasteiger partial charge in [0, 0.05) is 6.20 Å². The summed E-state index contributed by atoms with van der Waals surface area (Å²) in [6, 6.07) is 4.66. The van der Waals surface area contributed by atoms with E-state index in [0.29, 0.717) is 15.7 Å². The third kappa shape index (κ3) is 3.37. The molecule has 1 rings (SSSR count). The van der Waals surface area contributed by atoms with Crippen molar-refractivity contribution in [1.82, 2.24) is 0 Å². The Kier molecular flexibility index (Phi) is 4.37. The van der Waals surface area contributed by atoms with Gasteiger partial charge in [-0.05, 0) is 18.2 Å². The van der Waals surface area contributed by atoms with E-state index in [1.165, 1.54) is 6.07 Å². The normalized spacial score (nSPS) is 12.6. The lowest BCUT2D eigenvalue weighted by Gasteiger charge is -2.02. The highest BCUT2D eigenvalue weighted by atomic mass is 35.5. The molecule has 5 nitrogen and oxygen atoms in total. The first-order valence-electron chi connectivity index (χ1n) is 4.47. The van der Waals surface area contributed by atoms with Crippen LogP contribution in [0.15, 0.2) is 35.0 Å². The predicted octanol–water partition coefficient (Wildman–Crippen LogP) is 1.31. The molecule has 0 unspecified atom stereocenters. The molecule has 0 aliphatic rings. The first kappa shape index (κ1) is 13.3. The van der Waals surface area contributed by atoms with Gasteiger partial charge in [0.2, 0.25) is 0 Å². The van der Waals surface area contributed by atoms with Gasteiger partial charge in [-0.2, -0.15) is 0 Å². The van der Waals surface area contributed by atoms with Crippen LogP contribution in [0.1, 0.15) is 0 Å². The van der Waals surface area contributed by atoms with E-state index in [2.05, 4.69) is 4.99 Å². The number of rotatable bonds is 3. The summed E-state index contributed by atoms with van der Waals surface area (Å²) in [6.07, 6.45) is 0.999. The fourth-order valence-corrected chi connectivity index (χ4v) is 1.34. The molecule has 1 aromatic rings. The Morgan fingerprint density at radius 2 is 1.88 bits per heavy atom. The Hall–Kier alpha value is -1.72. The van der Waals surface area contributed by atoms with Gasteiger partial charge in [-0.3, -0.25) is 4.79 Å². The number of nitrogens with two attached hydrogens (primary N) is 3. The smallest absolute Gasteiger partial charge is 0.253 e. The van der Waals surface area contributed by atoms with E-state index >= 15 is 0 Å². The molecule has 0 bridgehead atoms. The highest BCUT2D eigenvalue weighted by Gasteiger charge is 2.09. The molecular weight excluding hydrogens is 263 g/mol. The lowest BCUT2D eigenvalue weighted by Crippen LogP contribution is -2.27. The van der Waals surface area contributed by atoms with Crippen LogP contribution in [0.25, 0.3) is 0 Å². The van der Waals surface area contributed by atoms with E-state index in [-0.39, 0.29) is 11.4 Å². The fraction of sp³-hybridized carbons (Fsp3) is 0. The molecule has 0 fully saturated rings. The summed E-state index contributed by atoms with van der Waals surface area (Å²) in [4.78, 5) is 14.9. The zero-order chi connectivity index (χ0) is 13.0. The van der Waals surface area contributed by atoms with E-state index in [1.54, 1.807) is 12.1 Å². The first-order chi connectivity index (χ1) is 7.95. The summed E-state index contributed by atoms with van der Waals surface area (Å²) in [5, 5.41) is 0.728. The summed E-state index contributed by atoms with van der Waals surface area (Å²) >= 11 is 11.5. The van der Waals surface area contributed by atoms with E-state index in [0.717, 1.165) is 6.20 Å². The number of halogens is 2. The SMILES string of the molecule is N/C=C(/C(N)=O)C(N)=Nc1ccc(Cl)c(Cl)c1. The van der Waals surface area contributed by atoms with Crippen molar-refractivity contribution in [3.8, 4) is 0 Å². The highest BCUT2D eigenvalue weighted by Crippen LogP contribution is 2.26. The molecule has 1 amide bonds. The molecule has 0 spiro atoms. The van der Waals surface area contributed by atoms with Crippen molar-refractivity contribution in [2.45, 2.75) is 0 Å². The van der Waals surface area contributed by atoms with Gasteiger partial charge in [0.15, 0.2) is 0 Å². The second-order valence-electron chi connectivity index (χ2n) is 3.04. The molecule has 0 aliphatic carbocycles. The fourth-order valence-electron chi connectivity index (χ4n) is 1.05. The number of amides is 1. The van der Waals surface area contributed by atoms with E-state index in [9.17, 15) is 4.79 Å². The van der Waals surface area contributed by atoms with Crippen LogP contribution in [0.4, 0.5) is 5.69 Å². The Labute approximate surface area is 108 Å². The van der Waals surface area contributed by atoms with Crippen molar-refractivity contribution in [2.75, 3.05) is 0 Å². The molecular formula is C10H10Cl2N4O. The van der Waals surface area contributed by atoms with Crippen LogP contribution < -0.4 is 17.2 Å². The van der Waals surface area contributed by atoms with Crippen molar-refractivity contribution < 1.29 is 4.79 Å². The average molecular weight is 273 g/mol. The minimum absolute atomic E-state index is 0.0592. The second kappa shape index (κ2) is 5.56. The third-order valence-electron chi connectivity index (χ3n) is 1.86. The van der Waals surface area contributed by atoms with Gasteiger partial charge in [-0.1, -0.05) is 23.2 Å². The molecule has 7 heteroatoms. The van der Waals surface area contributed by atoms with Gasteiger partial charge in [0.1, 0.15) is 5.84 Å². The number of carbonyl (C=O) groups excluding carboxylic acids is 1. The van der Waals surface area contributed by atoms with E-state index in [1.807, 2.05) is 0 Å². The first-order valence-corrected chi connectivity index (χ1v) is 5.22. The molecule has 0 aromatic heterocycles. The molecule has 0 radical (unpaired) electrons. The number of benzene rings is 1. The minimum atomic E-state index is -0.756. The summed E-state index contributed by atoms with van der Waals surface area (Å²) in [5.74, 6) is -0.841. The molecule has 0 aliphatic heterocycles. The van der Waals surface area contributed by atoms with Gasteiger partial charge < -0.3 is 17.2 Å². The Bertz CT molecular complexity index is 511.